The molecule has 2 N–H and O–H groups in total. The molecule has 23 heavy (non-hydrogen) atoms. The second kappa shape index (κ2) is 7.42. The summed E-state index contributed by atoms with van der Waals surface area (Å²) in [5, 5.41) is 6.38. The van der Waals surface area contributed by atoms with E-state index in [0.29, 0.717) is 0 Å². The first-order valence-electron chi connectivity index (χ1n) is 8.38. The number of fused-ring (bicyclic) bond motifs is 1. The molecule has 1 atom stereocenters. The van der Waals surface area contributed by atoms with E-state index in [0.717, 1.165) is 43.4 Å². The molecule has 0 spiro atoms. The van der Waals surface area contributed by atoms with Crippen LogP contribution in [0.5, 0.6) is 0 Å². The molecule has 3 rings (SSSR count). The summed E-state index contributed by atoms with van der Waals surface area (Å²) >= 11 is 0. The van der Waals surface area contributed by atoms with Gasteiger partial charge in [0.15, 0.2) is 0 Å². The van der Waals surface area contributed by atoms with Crippen molar-refractivity contribution < 1.29 is 4.79 Å². The summed E-state index contributed by atoms with van der Waals surface area (Å²) in [7, 11) is 1.93. The Morgan fingerprint density at radius 1 is 1.09 bits per heavy atom. The van der Waals surface area contributed by atoms with E-state index in [2.05, 4.69) is 34.9 Å². The lowest BCUT2D eigenvalue weighted by molar-refractivity contribution is 0.0932. The lowest BCUT2D eigenvalue weighted by Gasteiger charge is -2.25. The van der Waals surface area contributed by atoms with Gasteiger partial charge in [-0.15, -0.1) is 0 Å². The maximum Gasteiger partial charge on any atom is 0.251 e. The molecule has 1 aliphatic rings. The molecule has 0 saturated carbocycles. The highest BCUT2D eigenvalue weighted by atomic mass is 16.1. The summed E-state index contributed by atoms with van der Waals surface area (Å²) in [4.78, 5) is 12.7. The zero-order chi connectivity index (χ0) is 16.1. The molecular formula is C20H24N2O. The van der Waals surface area contributed by atoms with Crippen molar-refractivity contribution in [2.24, 2.45) is 0 Å². The van der Waals surface area contributed by atoms with Gasteiger partial charge in [0.25, 0.3) is 5.91 Å². The fourth-order valence-electron chi connectivity index (χ4n) is 3.30. The monoisotopic (exact) mass is 308 g/mol. The number of aryl methyl sites for hydroxylation is 1. The molecule has 0 bridgehead atoms. The van der Waals surface area contributed by atoms with Crippen LogP contribution >= 0.6 is 0 Å². The lowest BCUT2D eigenvalue weighted by Crippen LogP contribution is -2.39. The van der Waals surface area contributed by atoms with E-state index in [1.165, 1.54) is 11.1 Å². The first-order chi connectivity index (χ1) is 11.3. The van der Waals surface area contributed by atoms with Crippen LogP contribution in [0.2, 0.25) is 0 Å². The van der Waals surface area contributed by atoms with Crippen LogP contribution in [0.3, 0.4) is 0 Å². The smallest absolute Gasteiger partial charge is 0.251 e. The zero-order valence-corrected chi connectivity index (χ0v) is 13.6. The van der Waals surface area contributed by atoms with Gasteiger partial charge < -0.3 is 10.6 Å². The third-order valence-corrected chi connectivity index (χ3v) is 4.59. The molecule has 0 fully saturated rings. The topological polar surface area (TPSA) is 41.1 Å². The Bertz CT molecular complexity index is 681. The number of hydrogen-bond acceptors (Lipinski definition) is 2. The average molecular weight is 308 g/mol. The minimum absolute atomic E-state index is 0.0566. The first-order valence-corrected chi connectivity index (χ1v) is 8.38. The fourth-order valence-corrected chi connectivity index (χ4v) is 3.30. The van der Waals surface area contributed by atoms with Gasteiger partial charge >= 0.3 is 0 Å². The molecule has 0 heterocycles. The molecule has 0 aromatic heterocycles. The van der Waals surface area contributed by atoms with Crippen molar-refractivity contribution in [2.45, 2.75) is 31.7 Å². The maximum absolute atomic E-state index is 12.7. The Morgan fingerprint density at radius 3 is 2.65 bits per heavy atom. The molecule has 1 amide bonds. The Hall–Kier alpha value is -2.13. The summed E-state index contributed by atoms with van der Waals surface area (Å²) in [5.74, 6) is 0.0566. The molecule has 3 nitrogen and oxygen atoms in total. The van der Waals surface area contributed by atoms with Gasteiger partial charge in [-0.2, -0.15) is 0 Å². The third-order valence-electron chi connectivity index (χ3n) is 4.59. The van der Waals surface area contributed by atoms with Crippen LogP contribution in [0, 0.1) is 0 Å². The quantitative estimate of drug-likeness (QED) is 0.892. The predicted octanol–water partition coefficient (Wildman–Crippen LogP) is 2.74. The summed E-state index contributed by atoms with van der Waals surface area (Å²) in [6.45, 7) is 0.876. The van der Waals surface area contributed by atoms with E-state index < -0.39 is 0 Å². The van der Waals surface area contributed by atoms with Crippen LogP contribution in [0.4, 0.5) is 0 Å². The normalized spacial score (nSPS) is 16.7. The number of carbonyl (C=O) groups is 1. The number of likely N-dealkylation sites (N-methyl/N-ethyl adjacent to an activating group) is 1. The van der Waals surface area contributed by atoms with Gasteiger partial charge in [-0.05, 0) is 62.0 Å². The number of benzene rings is 2. The predicted molar refractivity (Wildman–Crippen MR) is 93.8 cm³/mol. The number of amides is 1. The van der Waals surface area contributed by atoms with Crippen molar-refractivity contribution in [3.05, 3.63) is 70.8 Å². The lowest BCUT2D eigenvalue weighted by atomic mass is 9.88. The Kier molecular flexibility index (Phi) is 5.09. The first kappa shape index (κ1) is 15.8. The highest BCUT2D eigenvalue weighted by Crippen LogP contribution is 2.21. The molecule has 0 aliphatic heterocycles. The zero-order valence-electron chi connectivity index (χ0n) is 13.6. The molecule has 0 radical (unpaired) electrons. The van der Waals surface area contributed by atoms with Gasteiger partial charge in [-0.25, -0.2) is 0 Å². The Morgan fingerprint density at radius 2 is 1.83 bits per heavy atom. The molecule has 2 aromatic carbocycles. The number of carbonyl (C=O) groups excluding carboxylic acids is 1. The van der Waals surface area contributed by atoms with Gasteiger partial charge in [0.05, 0.1) is 0 Å². The molecule has 2 aromatic rings. The molecule has 120 valence electrons. The van der Waals surface area contributed by atoms with E-state index in [9.17, 15) is 4.79 Å². The molecular weight excluding hydrogens is 284 g/mol. The van der Waals surface area contributed by atoms with Crippen LogP contribution in [0.1, 0.15) is 33.5 Å². The van der Waals surface area contributed by atoms with E-state index in [1.54, 1.807) is 0 Å². The minimum atomic E-state index is 0.0566. The highest BCUT2D eigenvalue weighted by molar-refractivity contribution is 5.95. The number of rotatable bonds is 5. The van der Waals surface area contributed by atoms with Crippen molar-refractivity contribution in [1.82, 2.24) is 10.6 Å². The molecule has 1 aliphatic carbocycles. The van der Waals surface area contributed by atoms with Crippen molar-refractivity contribution in [3.63, 3.8) is 0 Å². The minimum Gasteiger partial charge on any atom is -0.349 e. The van der Waals surface area contributed by atoms with Gasteiger partial charge in [0.1, 0.15) is 0 Å². The summed E-state index contributed by atoms with van der Waals surface area (Å²) in [6.07, 6.45) is 3.86. The number of hydrogen-bond donors (Lipinski definition) is 2. The largest absolute Gasteiger partial charge is 0.349 e. The second-order valence-electron chi connectivity index (χ2n) is 6.19. The highest BCUT2D eigenvalue weighted by Gasteiger charge is 2.21. The van der Waals surface area contributed by atoms with Crippen LogP contribution in [-0.4, -0.2) is 25.5 Å². The number of nitrogens with one attached hydrogen (secondary N) is 2. The van der Waals surface area contributed by atoms with Crippen molar-refractivity contribution in [2.75, 3.05) is 13.6 Å². The van der Waals surface area contributed by atoms with Crippen molar-refractivity contribution >= 4 is 5.91 Å². The Labute approximate surface area is 138 Å². The van der Waals surface area contributed by atoms with E-state index in [-0.39, 0.29) is 11.9 Å². The fraction of sp³-hybridized carbons (Fsp3) is 0.350. The molecule has 1 unspecified atom stereocenters. The van der Waals surface area contributed by atoms with E-state index in [1.807, 2.05) is 31.3 Å². The van der Waals surface area contributed by atoms with Crippen molar-refractivity contribution in [1.29, 1.82) is 0 Å². The summed E-state index contributed by atoms with van der Waals surface area (Å²) < 4.78 is 0. The van der Waals surface area contributed by atoms with Crippen molar-refractivity contribution in [3.8, 4) is 0 Å². The standard InChI is InChI=1S/C20H24N2O/c1-21-13-12-16-7-4-5-9-19(16)20(23)22-18-11-10-15-6-2-3-8-17(15)14-18/h2-9,18,21H,10-14H2,1H3,(H,22,23). The van der Waals surface area contributed by atoms with Gasteiger partial charge in [-0.3, -0.25) is 4.79 Å². The third kappa shape index (κ3) is 3.80. The Balaban J connectivity index is 1.68. The molecule has 0 saturated heterocycles. The van der Waals surface area contributed by atoms with Gasteiger partial charge in [0, 0.05) is 11.6 Å². The van der Waals surface area contributed by atoms with Crippen LogP contribution in [0.15, 0.2) is 48.5 Å². The van der Waals surface area contributed by atoms with E-state index >= 15 is 0 Å². The summed E-state index contributed by atoms with van der Waals surface area (Å²) in [5.41, 5.74) is 4.71. The van der Waals surface area contributed by atoms with Gasteiger partial charge in [-0.1, -0.05) is 42.5 Å². The summed E-state index contributed by atoms with van der Waals surface area (Å²) in [6, 6.07) is 16.7. The average Bonchev–Trinajstić information content (AvgIpc) is 2.60. The van der Waals surface area contributed by atoms with Crippen LogP contribution < -0.4 is 10.6 Å². The van der Waals surface area contributed by atoms with Crippen LogP contribution in [-0.2, 0) is 19.3 Å². The van der Waals surface area contributed by atoms with Crippen LogP contribution in [0.25, 0.3) is 0 Å². The van der Waals surface area contributed by atoms with Gasteiger partial charge in [0.2, 0.25) is 0 Å². The maximum atomic E-state index is 12.7. The molecule has 3 heteroatoms. The van der Waals surface area contributed by atoms with E-state index in [4.69, 9.17) is 0 Å². The SMILES string of the molecule is CNCCc1ccccc1C(=O)NC1CCc2ccccc2C1. The second-order valence-corrected chi connectivity index (χ2v) is 6.19.